The SMILES string of the molecule is O=C(O)CCc1cnc(CC2CCCCS2(=O)=O)o1. The molecule has 2 rings (SSSR count). The molecule has 0 spiro atoms. The summed E-state index contributed by atoms with van der Waals surface area (Å²) in [5, 5.41) is 8.16. The van der Waals surface area contributed by atoms with Crippen LogP contribution in [0.4, 0.5) is 0 Å². The number of hydrogen-bond acceptors (Lipinski definition) is 5. The molecule has 1 N–H and O–H groups in total. The van der Waals surface area contributed by atoms with E-state index in [2.05, 4.69) is 4.98 Å². The topological polar surface area (TPSA) is 97.5 Å². The molecule has 1 atom stereocenters. The molecule has 1 aromatic rings. The summed E-state index contributed by atoms with van der Waals surface area (Å²) in [7, 11) is -3.03. The predicted octanol–water partition coefficient (Wildman–Crippen LogP) is 1.20. The normalized spacial score (nSPS) is 22.2. The van der Waals surface area contributed by atoms with E-state index in [-0.39, 0.29) is 25.0 Å². The molecule has 1 aromatic heterocycles. The fourth-order valence-corrected chi connectivity index (χ4v) is 4.10. The minimum Gasteiger partial charge on any atom is -0.481 e. The van der Waals surface area contributed by atoms with Crippen LogP contribution < -0.4 is 0 Å². The van der Waals surface area contributed by atoms with Crippen molar-refractivity contribution < 1.29 is 22.7 Å². The average Bonchev–Trinajstić information content (AvgIpc) is 2.77. The Morgan fingerprint density at radius 2 is 2.26 bits per heavy atom. The highest BCUT2D eigenvalue weighted by atomic mass is 32.2. The second-order valence-corrected chi connectivity index (χ2v) is 7.20. The Morgan fingerprint density at radius 1 is 1.47 bits per heavy atom. The van der Waals surface area contributed by atoms with Gasteiger partial charge >= 0.3 is 5.97 Å². The van der Waals surface area contributed by atoms with Gasteiger partial charge in [-0.2, -0.15) is 0 Å². The van der Waals surface area contributed by atoms with Gasteiger partial charge in [-0.15, -0.1) is 0 Å². The highest BCUT2D eigenvalue weighted by Crippen LogP contribution is 2.23. The number of carbonyl (C=O) groups is 1. The quantitative estimate of drug-likeness (QED) is 0.874. The van der Waals surface area contributed by atoms with E-state index < -0.39 is 21.1 Å². The first-order valence-electron chi connectivity index (χ1n) is 6.34. The fraction of sp³-hybridized carbons (Fsp3) is 0.667. The first kappa shape index (κ1) is 14.0. The molecular weight excluding hydrogens is 270 g/mol. The Balaban J connectivity index is 1.97. The standard InChI is InChI=1S/C12H17NO5S/c14-12(15)5-4-9-8-13-11(18-9)7-10-3-1-2-6-19(10,16)17/h8,10H,1-7H2,(H,14,15). The fourth-order valence-electron chi connectivity index (χ4n) is 2.23. The molecule has 0 amide bonds. The lowest BCUT2D eigenvalue weighted by atomic mass is 10.1. The van der Waals surface area contributed by atoms with E-state index in [1.54, 1.807) is 0 Å². The molecule has 1 fully saturated rings. The number of carboxylic acid groups (broad SMARTS) is 1. The minimum atomic E-state index is -3.03. The third kappa shape index (κ3) is 3.79. The van der Waals surface area contributed by atoms with E-state index in [4.69, 9.17) is 9.52 Å². The maximum atomic E-state index is 11.9. The molecule has 1 aliphatic heterocycles. The zero-order valence-electron chi connectivity index (χ0n) is 10.5. The number of hydrogen-bond donors (Lipinski definition) is 1. The zero-order chi connectivity index (χ0) is 13.9. The first-order valence-corrected chi connectivity index (χ1v) is 8.06. The number of aromatic nitrogens is 1. The van der Waals surface area contributed by atoms with Crippen molar-refractivity contribution in [2.75, 3.05) is 5.75 Å². The van der Waals surface area contributed by atoms with E-state index in [0.717, 1.165) is 12.8 Å². The molecule has 0 saturated carbocycles. The molecule has 19 heavy (non-hydrogen) atoms. The number of nitrogens with zero attached hydrogens (tertiary/aromatic N) is 1. The van der Waals surface area contributed by atoms with Gasteiger partial charge in [-0.3, -0.25) is 4.79 Å². The van der Waals surface area contributed by atoms with Crippen molar-refractivity contribution in [3.05, 3.63) is 17.8 Å². The van der Waals surface area contributed by atoms with Crippen molar-refractivity contribution in [3.8, 4) is 0 Å². The van der Waals surface area contributed by atoms with Gasteiger partial charge in [-0.25, -0.2) is 13.4 Å². The summed E-state index contributed by atoms with van der Waals surface area (Å²) < 4.78 is 29.1. The largest absolute Gasteiger partial charge is 0.481 e. The molecule has 0 bridgehead atoms. The molecule has 2 heterocycles. The van der Waals surface area contributed by atoms with Gasteiger partial charge in [0, 0.05) is 12.8 Å². The summed E-state index contributed by atoms with van der Waals surface area (Å²) in [6.07, 6.45) is 4.32. The van der Waals surface area contributed by atoms with Gasteiger partial charge in [-0.05, 0) is 12.8 Å². The molecule has 6 nitrogen and oxygen atoms in total. The second kappa shape index (κ2) is 5.73. The Bertz CT molecular complexity index is 548. The van der Waals surface area contributed by atoms with Crippen molar-refractivity contribution in [2.24, 2.45) is 0 Å². The maximum absolute atomic E-state index is 11.9. The predicted molar refractivity (Wildman–Crippen MR) is 67.6 cm³/mol. The number of carboxylic acids is 1. The summed E-state index contributed by atoms with van der Waals surface area (Å²) in [5.74, 6) is 0.221. The Kier molecular flexibility index (Phi) is 4.24. The second-order valence-electron chi connectivity index (χ2n) is 4.80. The molecule has 1 saturated heterocycles. The van der Waals surface area contributed by atoms with Crippen molar-refractivity contribution in [3.63, 3.8) is 0 Å². The van der Waals surface area contributed by atoms with Crippen LogP contribution in [-0.4, -0.2) is 35.5 Å². The van der Waals surface area contributed by atoms with E-state index in [9.17, 15) is 13.2 Å². The van der Waals surface area contributed by atoms with E-state index >= 15 is 0 Å². The van der Waals surface area contributed by atoms with Crippen LogP contribution in [-0.2, 0) is 27.5 Å². The van der Waals surface area contributed by atoms with Gasteiger partial charge < -0.3 is 9.52 Å². The van der Waals surface area contributed by atoms with Gasteiger partial charge in [0.25, 0.3) is 0 Å². The highest BCUT2D eigenvalue weighted by molar-refractivity contribution is 7.92. The van der Waals surface area contributed by atoms with E-state index in [1.807, 2.05) is 0 Å². The molecule has 7 heteroatoms. The molecule has 0 radical (unpaired) electrons. The molecule has 0 aliphatic carbocycles. The number of rotatable bonds is 5. The van der Waals surface area contributed by atoms with Crippen LogP contribution in [0, 0.1) is 0 Å². The van der Waals surface area contributed by atoms with Crippen molar-refractivity contribution in [1.82, 2.24) is 4.98 Å². The van der Waals surface area contributed by atoms with Crippen molar-refractivity contribution in [1.29, 1.82) is 0 Å². The smallest absolute Gasteiger partial charge is 0.303 e. The molecular formula is C12H17NO5S. The summed E-state index contributed by atoms with van der Waals surface area (Å²) in [6, 6.07) is 0. The van der Waals surface area contributed by atoms with Crippen LogP contribution in [0.5, 0.6) is 0 Å². The van der Waals surface area contributed by atoms with Crippen LogP contribution in [0.3, 0.4) is 0 Å². The number of oxazole rings is 1. The Labute approximate surface area is 111 Å². The number of aryl methyl sites for hydroxylation is 1. The van der Waals surface area contributed by atoms with Gasteiger partial charge in [-0.1, -0.05) is 6.42 Å². The lowest BCUT2D eigenvalue weighted by molar-refractivity contribution is -0.137. The summed E-state index contributed by atoms with van der Waals surface area (Å²) in [6.45, 7) is 0. The van der Waals surface area contributed by atoms with Crippen LogP contribution in [0.25, 0.3) is 0 Å². The van der Waals surface area contributed by atoms with Gasteiger partial charge in [0.2, 0.25) is 0 Å². The first-order chi connectivity index (χ1) is 8.97. The number of aliphatic carboxylic acids is 1. The lowest BCUT2D eigenvalue weighted by Crippen LogP contribution is -2.30. The zero-order valence-corrected chi connectivity index (χ0v) is 11.4. The van der Waals surface area contributed by atoms with Crippen molar-refractivity contribution in [2.45, 2.75) is 43.8 Å². The summed E-state index contributed by atoms with van der Waals surface area (Å²) in [4.78, 5) is 14.5. The van der Waals surface area contributed by atoms with Crippen LogP contribution in [0.2, 0.25) is 0 Å². The molecule has 1 aliphatic rings. The van der Waals surface area contributed by atoms with E-state index in [1.165, 1.54) is 6.20 Å². The third-order valence-corrected chi connectivity index (χ3v) is 5.58. The van der Waals surface area contributed by atoms with E-state index in [0.29, 0.717) is 18.1 Å². The van der Waals surface area contributed by atoms with Crippen LogP contribution >= 0.6 is 0 Å². The average molecular weight is 287 g/mol. The minimum absolute atomic E-state index is 0.0175. The van der Waals surface area contributed by atoms with Gasteiger partial charge in [0.15, 0.2) is 15.7 Å². The Morgan fingerprint density at radius 3 is 2.95 bits per heavy atom. The van der Waals surface area contributed by atoms with Crippen LogP contribution in [0.15, 0.2) is 10.6 Å². The van der Waals surface area contributed by atoms with Crippen molar-refractivity contribution >= 4 is 15.8 Å². The van der Waals surface area contributed by atoms with Crippen LogP contribution in [0.1, 0.15) is 37.3 Å². The highest BCUT2D eigenvalue weighted by Gasteiger charge is 2.30. The van der Waals surface area contributed by atoms with Gasteiger partial charge in [0.05, 0.1) is 23.6 Å². The van der Waals surface area contributed by atoms with Gasteiger partial charge in [0.1, 0.15) is 5.76 Å². The molecule has 1 unspecified atom stereocenters. The molecule has 106 valence electrons. The molecule has 0 aromatic carbocycles. The maximum Gasteiger partial charge on any atom is 0.303 e. The summed E-state index contributed by atoms with van der Waals surface area (Å²) in [5.41, 5.74) is 0. The third-order valence-electron chi connectivity index (χ3n) is 3.30. The lowest BCUT2D eigenvalue weighted by Gasteiger charge is -2.20. The number of sulfone groups is 1. The monoisotopic (exact) mass is 287 g/mol. The summed E-state index contributed by atoms with van der Waals surface area (Å²) >= 11 is 0. The Hall–Kier alpha value is -1.37.